The Hall–Kier alpha value is -2.88. The summed E-state index contributed by atoms with van der Waals surface area (Å²) in [4.78, 5) is 25.5. The minimum Gasteiger partial charge on any atom is -0.476 e. The van der Waals surface area contributed by atoms with Gasteiger partial charge in [-0.05, 0) is 49.3 Å². The second kappa shape index (κ2) is 7.99. The summed E-state index contributed by atoms with van der Waals surface area (Å²) in [5.41, 5.74) is 0.0667. The largest absolute Gasteiger partial charge is 0.476 e. The van der Waals surface area contributed by atoms with E-state index < -0.39 is 17.7 Å². The maximum atomic E-state index is 12.8. The van der Waals surface area contributed by atoms with Crippen molar-refractivity contribution in [3.8, 4) is 0 Å². The predicted molar refractivity (Wildman–Crippen MR) is 103 cm³/mol. The molecule has 31 heavy (non-hydrogen) atoms. The number of nitrogens with zero attached hydrogens (tertiary/aromatic N) is 3. The average molecular weight is 437 g/mol. The number of hydrogen-bond acceptors (Lipinski definition) is 4. The second-order valence-corrected chi connectivity index (χ2v) is 8.22. The molecular weight excluding hydrogens is 415 g/mol. The van der Waals surface area contributed by atoms with Crippen LogP contribution in [-0.2, 0) is 17.5 Å². The number of ether oxygens (including phenoxy) is 1. The van der Waals surface area contributed by atoms with Crippen LogP contribution in [0.1, 0.15) is 40.0 Å². The van der Waals surface area contributed by atoms with Gasteiger partial charge in [0.2, 0.25) is 0 Å². The lowest BCUT2D eigenvalue weighted by molar-refractivity contribution is -0.137. The molecular formula is C21H22F3N3O4. The molecule has 1 amide bonds. The van der Waals surface area contributed by atoms with Gasteiger partial charge in [0.1, 0.15) is 0 Å². The van der Waals surface area contributed by atoms with Crippen molar-refractivity contribution in [1.29, 1.82) is 0 Å². The van der Waals surface area contributed by atoms with E-state index in [0.29, 0.717) is 24.2 Å². The number of carbonyl (C=O) groups is 2. The molecule has 1 aromatic carbocycles. The third kappa shape index (κ3) is 4.43. The summed E-state index contributed by atoms with van der Waals surface area (Å²) in [5, 5.41) is 13.0. The van der Waals surface area contributed by atoms with E-state index in [1.54, 1.807) is 17.9 Å². The number of benzene rings is 1. The lowest BCUT2D eigenvalue weighted by Gasteiger charge is -2.19. The van der Waals surface area contributed by atoms with E-state index >= 15 is 0 Å². The molecule has 1 saturated carbocycles. The van der Waals surface area contributed by atoms with Gasteiger partial charge in [-0.25, -0.2) is 9.59 Å². The van der Waals surface area contributed by atoms with E-state index in [-0.39, 0.29) is 36.3 Å². The zero-order chi connectivity index (χ0) is 22.3. The number of carboxylic acids is 1. The van der Waals surface area contributed by atoms with Crippen LogP contribution in [0.2, 0.25) is 0 Å². The molecule has 2 fully saturated rings. The fraction of sp³-hybridized carbons (Fsp3) is 0.476. The summed E-state index contributed by atoms with van der Waals surface area (Å²) in [7, 11) is 0. The van der Waals surface area contributed by atoms with Crippen molar-refractivity contribution in [1.82, 2.24) is 14.7 Å². The number of carbonyl (C=O) groups excluding carboxylic acids is 1. The van der Waals surface area contributed by atoms with Crippen LogP contribution in [0, 0.1) is 18.8 Å². The number of aryl methyl sites for hydroxylation is 1. The number of halogens is 3. The Labute approximate surface area is 176 Å². The molecule has 0 bridgehead atoms. The maximum absolute atomic E-state index is 12.8. The Morgan fingerprint density at radius 1 is 1.23 bits per heavy atom. The minimum atomic E-state index is -4.38. The van der Waals surface area contributed by atoms with Crippen molar-refractivity contribution in [3.63, 3.8) is 0 Å². The molecule has 4 rings (SSSR count). The lowest BCUT2D eigenvalue weighted by atomic mass is 10.0. The van der Waals surface area contributed by atoms with Crippen molar-refractivity contribution in [2.75, 3.05) is 13.1 Å². The molecule has 1 aliphatic carbocycles. The number of alkyl halides is 3. The highest BCUT2D eigenvalue weighted by molar-refractivity contribution is 5.88. The first-order chi connectivity index (χ1) is 14.6. The molecule has 1 aliphatic heterocycles. The Morgan fingerprint density at radius 3 is 2.48 bits per heavy atom. The number of aromatic carboxylic acids is 1. The Balaban J connectivity index is 1.31. The van der Waals surface area contributed by atoms with Crippen LogP contribution in [-0.4, -0.2) is 51.0 Å². The first kappa shape index (κ1) is 21.4. The first-order valence-electron chi connectivity index (χ1n) is 9.98. The highest BCUT2D eigenvalue weighted by Gasteiger charge is 2.43. The van der Waals surface area contributed by atoms with Crippen LogP contribution in [0.5, 0.6) is 0 Å². The van der Waals surface area contributed by atoms with Gasteiger partial charge in [0.25, 0.3) is 0 Å². The monoisotopic (exact) mass is 437 g/mol. The number of aromatic nitrogens is 2. The smallest absolute Gasteiger partial charge is 0.416 e. The third-order valence-electron chi connectivity index (χ3n) is 6.01. The molecule has 1 N–H and O–H groups in total. The van der Waals surface area contributed by atoms with E-state index in [1.165, 1.54) is 12.3 Å². The number of amides is 1. The molecule has 2 aromatic rings. The van der Waals surface area contributed by atoms with Gasteiger partial charge in [0, 0.05) is 24.8 Å². The van der Waals surface area contributed by atoms with E-state index in [2.05, 4.69) is 5.10 Å². The van der Waals surface area contributed by atoms with Gasteiger partial charge in [0.15, 0.2) is 5.69 Å². The first-order valence-corrected chi connectivity index (χ1v) is 9.98. The molecule has 10 heteroatoms. The zero-order valence-corrected chi connectivity index (χ0v) is 16.8. The molecule has 2 aliphatic rings. The molecule has 0 radical (unpaired) electrons. The van der Waals surface area contributed by atoms with Gasteiger partial charge in [-0.1, -0.05) is 12.1 Å². The van der Waals surface area contributed by atoms with Crippen molar-refractivity contribution < 1.29 is 32.6 Å². The molecule has 1 saturated heterocycles. The standard InChI is InChI=1S/C21H22F3N3O4/c1-12-8-27(25-18(12)19(28)29)20(30)26-9-14-6-17(7-15(14)10-26)31-11-13-3-2-4-16(5-13)21(22,23)24/h2-5,8,14-15,17H,6-7,9-11H2,1H3,(H,28,29). The van der Waals surface area contributed by atoms with Crippen molar-refractivity contribution >= 4 is 12.0 Å². The van der Waals surface area contributed by atoms with E-state index in [9.17, 15) is 22.8 Å². The molecule has 166 valence electrons. The molecule has 2 heterocycles. The highest BCUT2D eigenvalue weighted by atomic mass is 19.4. The van der Waals surface area contributed by atoms with Crippen LogP contribution in [0.15, 0.2) is 30.5 Å². The van der Waals surface area contributed by atoms with Crippen LogP contribution >= 0.6 is 0 Å². The summed E-state index contributed by atoms with van der Waals surface area (Å²) >= 11 is 0. The third-order valence-corrected chi connectivity index (χ3v) is 6.01. The van der Waals surface area contributed by atoms with Crippen molar-refractivity contribution in [2.24, 2.45) is 11.8 Å². The average Bonchev–Trinajstić information content (AvgIpc) is 3.38. The quantitative estimate of drug-likeness (QED) is 0.787. The van der Waals surface area contributed by atoms with Gasteiger partial charge < -0.3 is 14.7 Å². The fourth-order valence-electron chi connectivity index (χ4n) is 4.50. The van der Waals surface area contributed by atoms with Crippen LogP contribution in [0.4, 0.5) is 18.0 Å². The van der Waals surface area contributed by atoms with Gasteiger partial charge in [-0.3, -0.25) is 0 Å². The van der Waals surface area contributed by atoms with Gasteiger partial charge in [-0.2, -0.15) is 23.0 Å². The van der Waals surface area contributed by atoms with Crippen molar-refractivity contribution in [3.05, 3.63) is 52.8 Å². The number of fused-ring (bicyclic) bond motifs is 1. The molecule has 0 spiro atoms. The number of rotatable bonds is 4. The zero-order valence-electron chi connectivity index (χ0n) is 16.8. The van der Waals surface area contributed by atoms with Crippen LogP contribution in [0.3, 0.4) is 0 Å². The predicted octanol–water partition coefficient (Wildman–Crippen LogP) is 3.80. The fourth-order valence-corrected chi connectivity index (χ4v) is 4.50. The number of hydrogen-bond donors (Lipinski definition) is 1. The summed E-state index contributed by atoms with van der Waals surface area (Å²) < 4.78 is 45.5. The summed E-state index contributed by atoms with van der Waals surface area (Å²) in [5.74, 6) is -0.694. The summed E-state index contributed by atoms with van der Waals surface area (Å²) in [6, 6.07) is 4.78. The summed E-state index contributed by atoms with van der Waals surface area (Å²) in [6.07, 6.45) is -1.57. The Bertz CT molecular complexity index is 990. The van der Waals surface area contributed by atoms with Gasteiger partial charge in [-0.15, -0.1) is 0 Å². The maximum Gasteiger partial charge on any atom is 0.416 e. The van der Waals surface area contributed by atoms with Gasteiger partial charge in [0.05, 0.1) is 18.3 Å². The minimum absolute atomic E-state index is 0.0626. The number of likely N-dealkylation sites (tertiary alicyclic amines) is 1. The normalized spacial score (nSPS) is 23.2. The van der Waals surface area contributed by atoms with Crippen LogP contribution in [0.25, 0.3) is 0 Å². The molecule has 2 unspecified atom stereocenters. The highest BCUT2D eigenvalue weighted by Crippen LogP contribution is 2.40. The molecule has 7 nitrogen and oxygen atoms in total. The Morgan fingerprint density at radius 2 is 1.90 bits per heavy atom. The topological polar surface area (TPSA) is 84.7 Å². The Kier molecular flexibility index (Phi) is 5.50. The SMILES string of the molecule is Cc1cn(C(=O)N2CC3CC(OCc4cccc(C(F)(F)F)c4)CC3C2)nc1C(=O)O. The second-order valence-electron chi connectivity index (χ2n) is 8.22. The number of carboxylic acid groups (broad SMARTS) is 1. The lowest BCUT2D eigenvalue weighted by Crippen LogP contribution is -2.34. The van der Waals surface area contributed by atoms with E-state index in [4.69, 9.17) is 9.84 Å². The van der Waals surface area contributed by atoms with Crippen molar-refractivity contribution in [2.45, 2.75) is 38.7 Å². The van der Waals surface area contributed by atoms with Gasteiger partial charge >= 0.3 is 18.2 Å². The molecule has 2 atom stereocenters. The summed E-state index contributed by atoms with van der Waals surface area (Å²) in [6.45, 7) is 2.74. The molecule has 1 aromatic heterocycles. The van der Waals surface area contributed by atoms with Crippen LogP contribution < -0.4 is 0 Å². The van der Waals surface area contributed by atoms with E-state index in [0.717, 1.165) is 29.7 Å². The van der Waals surface area contributed by atoms with E-state index in [1.807, 2.05) is 0 Å².